The summed E-state index contributed by atoms with van der Waals surface area (Å²) in [5.41, 5.74) is 1.33. The molecule has 4 nitrogen and oxygen atoms in total. The van der Waals surface area contributed by atoms with Gasteiger partial charge in [0.25, 0.3) is 0 Å². The van der Waals surface area contributed by atoms with E-state index >= 15 is 0 Å². The fourth-order valence-corrected chi connectivity index (χ4v) is 4.81. The molecule has 0 amide bonds. The summed E-state index contributed by atoms with van der Waals surface area (Å²) in [6, 6.07) is 8.35. The molecule has 7 atom stereocenters. The summed E-state index contributed by atoms with van der Waals surface area (Å²) in [6.07, 6.45) is 2.69. The third kappa shape index (κ3) is 3.02. The van der Waals surface area contributed by atoms with Gasteiger partial charge in [-0.25, -0.2) is 0 Å². The van der Waals surface area contributed by atoms with Crippen LogP contribution in [0, 0.1) is 23.7 Å². The Morgan fingerprint density at radius 2 is 1.88 bits per heavy atom. The molecule has 4 heteroatoms. The Morgan fingerprint density at radius 3 is 2.54 bits per heavy atom. The summed E-state index contributed by atoms with van der Waals surface area (Å²) in [7, 11) is 0. The average molecular weight is 358 g/mol. The zero-order chi connectivity index (χ0) is 18.4. The molecule has 1 aliphatic heterocycles. The molecule has 142 valence electrons. The second kappa shape index (κ2) is 6.88. The summed E-state index contributed by atoms with van der Waals surface area (Å²) in [4.78, 5) is 12.0. The van der Waals surface area contributed by atoms with Crippen LogP contribution in [0.25, 0.3) is 0 Å². The molecule has 0 radical (unpaired) electrons. The highest BCUT2D eigenvalue weighted by Crippen LogP contribution is 2.55. The van der Waals surface area contributed by atoms with E-state index in [-0.39, 0.29) is 36.3 Å². The Bertz CT molecular complexity index is 653. The minimum atomic E-state index is -0.327. The molecule has 4 rings (SSSR count). The normalized spacial score (nSPS) is 34.2. The number of benzene rings is 1. The monoisotopic (exact) mass is 358 g/mol. The standard InChI is InChI=1S/C22H30O4/c1-5-13(4)14-6-8-16(9-7-14)24-22(12(2)3)26-19-15-10-17-18(11-15)21(23)25-20(17)19/h6-9,12-13,15,17-20,22H,5,10-11H2,1-4H3. The fraction of sp³-hybridized carbons (Fsp3) is 0.682. The van der Waals surface area contributed by atoms with E-state index in [9.17, 15) is 4.79 Å². The number of carbonyl (C=O) groups is 1. The van der Waals surface area contributed by atoms with Crippen molar-refractivity contribution in [3.63, 3.8) is 0 Å². The second-order valence-corrected chi connectivity index (χ2v) is 8.61. The first-order chi connectivity index (χ1) is 12.5. The Hall–Kier alpha value is -1.55. The molecule has 2 aliphatic carbocycles. The van der Waals surface area contributed by atoms with E-state index in [0.717, 1.165) is 25.0 Å². The number of esters is 1. The van der Waals surface area contributed by atoms with Gasteiger partial charge in [-0.3, -0.25) is 4.79 Å². The SMILES string of the molecule is CCC(C)c1ccc(OC(OC2C3CC4C(=O)OC2C4C3)C(C)C)cc1. The van der Waals surface area contributed by atoms with Crippen molar-refractivity contribution >= 4 is 5.97 Å². The summed E-state index contributed by atoms with van der Waals surface area (Å²) < 4.78 is 18.2. The number of ether oxygens (including phenoxy) is 3. The highest BCUT2D eigenvalue weighted by atomic mass is 16.7. The van der Waals surface area contributed by atoms with Crippen molar-refractivity contribution < 1.29 is 19.0 Å². The molecule has 0 spiro atoms. The van der Waals surface area contributed by atoms with Crippen LogP contribution in [0.4, 0.5) is 0 Å². The van der Waals surface area contributed by atoms with Crippen molar-refractivity contribution in [2.75, 3.05) is 0 Å². The minimum Gasteiger partial charge on any atom is -0.465 e. The van der Waals surface area contributed by atoms with E-state index in [1.807, 2.05) is 12.1 Å². The summed E-state index contributed by atoms with van der Waals surface area (Å²) in [6.45, 7) is 8.65. The first-order valence-corrected chi connectivity index (χ1v) is 10.1. The molecule has 0 N–H and O–H groups in total. The second-order valence-electron chi connectivity index (χ2n) is 8.61. The molecule has 2 bridgehead atoms. The van der Waals surface area contributed by atoms with Crippen LogP contribution >= 0.6 is 0 Å². The van der Waals surface area contributed by atoms with Crippen molar-refractivity contribution in [2.45, 2.75) is 71.4 Å². The maximum atomic E-state index is 12.0. The van der Waals surface area contributed by atoms with Gasteiger partial charge in [-0.2, -0.15) is 0 Å². The van der Waals surface area contributed by atoms with Crippen LogP contribution in [-0.4, -0.2) is 24.5 Å². The molecule has 1 aromatic carbocycles. The molecule has 0 aromatic heterocycles. The number of hydrogen-bond donors (Lipinski definition) is 0. The number of fused-ring (bicyclic) bond motifs is 1. The fourth-order valence-electron chi connectivity index (χ4n) is 4.81. The first kappa shape index (κ1) is 17.8. The van der Waals surface area contributed by atoms with Gasteiger partial charge >= 0.3 is 5.97 Å². The third-order valence-corrected chi connectivity index (χ3v) is 6.56. The van der Waals surface area contributed by atoms with E-state index in [2.05, 4.69) is 39.8 Å². The van der Waals surface area contributed by atoms with Crippen LogP contribution in [0.1, 0.15) is 58.4 Å². The smallest absolute Gasteiger partial charge is 0.309 e. The van der Waals surface area contributed by atoms with E-state index in [4.69, 9.17) is 14.2 Å². The zero-order valence-electron chi connectivity index (χ0n) is 16.2. The van der Waals surface area contributed by atoms with Gasteiger partial charge in [0.1, 0.15) is 18.0 Å². The van der Waals surface area contributed by atoms with Crippen LogP contribution in [0.3, 0.4) is 0 Å². The topological polar surface area (TPSA) is 44.8 Å². The Morgan fingerprint density at radius 1 is 1.15 bits per heavy atom. The molecule has 1 saturated heterocycles. The van der Waals surface area contributed by atoms with E-state index in [0.29, 0.717) is 17.8 Å². The van der Waals surface area contributed by atoms with Gasteiger partial charge in [-0.1, -0.05) is 39.8 Å². The number of rotatable bonds is 7. The minimum absolute atomic E-state index is 0.0174. The molecule has 26 heavy (non-hydrogen) atoms. The van der Waals surface area contributed by atoms with Gasteiger partial charge < -0.3 is 14.2 Å². The lowest BCUT2D eigenvalue weighted by atomic mass is 9.88. The van der Waals surface area contributed by atoms with Crippen LogP contribution in [0.15, 0.2) is 24.3 Å². The van der Waals surface area contributed by atoms with Crippen molar-refractivity contribution in [3.05, 3.63) is 29.8 Å². The first-order valence-electron chi connectivity index (χ1n) is 10.1. The highest BCUT2D eigenvalue weighted by Gasteiger charge is 2.62. The van der Waals surface area contributed by atoms with Crippen molar-refractivity contribution in [3.8, 4) is 5.75 Å². The Labute approximate surface area is 156 Å². The van der Waals surface area contributed by atoms with Crippen molar-refractivity contribution in [1.29, 1.82) is 0 Å². The molecule has 1 aromatic rings. The van der Waals surface area contributed by atoms with Crippen LogP contribution < -0.4 is 4.74 Å². The number of hydrogen-bond acceptors (Lipinski definition) is 4. The lowest BCUT2D eigenvalue weighted by Gasteiger charge is -2.32. The Balaban J connectivity index is 1.43. The highest BCUT2D eigenvalue weighted by molar-refractivity contribution is 5.76. The van der Waals surface area contributed by atoms with Crippen LogP contribution in [-0.2, 0) is 14.3 Å². The summed E-state index contributed by atoms with van der Waals surface area (Å²) in [5.74, 6) is 2.50. The largest absolute Gasteiger partial charge is 0.465 e. The van der Waals surface area contributed by atoms with Gasteiger partial charge in [-0.05, 0) is 48.8 Å². The van der Waals surface area contributed by atoms with Gasteiger partial charge in [0.05, 0.1) is 5.92 Å². The Kier molecular flexibility index (Phi) is 4.72. The molecular formula is C22H30O4. The quantitative estimate of drug-likeness (QED) is 0.531. The average Bonchev–Trinajstić information content (AvgIpc) is 3.25. The van der Waals surface area contributed by atoms with Gasteiger partial charge in [0.15, 0.2) is 0 Å². The molecule has 3 aliphatic rings. The van der Waals surface area contributed by atoms with Crippen LogP contribution in [0.2, 0.25) is 0 Å². The summed E-state index contributed by atoms with van der Waals surface area (Å²) >= 11 is 0. The third-order valence-electron chi connectivity index (χ3n) is 6.56. The summed E-state index contributed by atoms with van der Waals surface area (Å²) in [5, 5.41) is 0. The molecule has 2 saturated carbocycles. The molecular weight excluding hydrogens is 328 g/mol. The number of carbonyl (C=O) groups excluding carboxylic acids is 1. The maximum absolute atomic E-state index is 12.0. The van der Waals surface area contributed by atoms with Crippen molar-refractivity contribution in [1.82, 2.24) is 0 Å². The van der Waals surface area contributed by atoms with Crippen LogP contribution in [0.5, 0.6) is 5.75 Å². The van der Waals surface area contributed by atoms with Gasteiger partial charge in [0.2, 0.25) is 6.29 Å². The van der Waals surface area contributed by atoms with Gasteiger partial charge in [-0.15, -0.1) is 0 Å². The predicted octanol–water partition coefficient (Wildman–Crippen LogP) is 4.53. The molecule has 7 unspecified atom stereocenters. The lowest BCUT2D eigenvalue weighted by Crippen LogP contribution is -2.40. The maximum Gasteiger partial charge on any atom is 0.309 e. The molecule has 3 fully saturated rings. The van der Waals surface area contributed by atoms with E-state index < -0.39 is 0 Å². The van der Waals surface area contributed by atoms with Gasteiger partial charge in [0, 0.05) is 11.8 Å². The van der Waals surface area contributed by atoms with Crippen molar-refractivity contribution in [2.24, 2.45) is 23.7 Å². The molecule has 1 heterocycles. The zero-order valence-corrected chi connectivity index (χ0v) is 16.2. The lowest BCUT2D eigenvalue weighted by molar-refractivity contribution is -0.182. The van der Waals surface area contributed by atoms with E-state index in [1.165, 1.54) is 5.56 Å². The predicted molar refractivity (Wildman–Crippen MR) is 98.9 cm³/mol. The van der Waals surface area contributed by atoms with E-state index in [1.54, 1.807) is 0 Å².